The van der Waals surface area contributed by atoms with Crippen molar-refractivity contribution in [2.45, 2.75) is 38.3 Å². The topological polar surface area (TPSA) is 50.4 Å². The van der Waals surface area contributed by atoms with Gasteiger partial charge in [0.2, 0.25) is 0 Å². The van der Waals surface area contributed by atoms with Crippen LogP contribution in [0, 0.1) is 5.92 Å². The lowest BCUT2D eigenvalue weighted by Gasteiger charge is -2.24. The highest BCUT2D eigenvalue weighted by Crippen LogP contribution is 2.27. The Balaban J connectivity index is 2.05. The fourth-order valence-electron chi connectivity index (χ4n) is 2.71. The Labute approximate surface area is 130 Å². The second kappa shape index (κ2) is 7.76. The maximum atomic E-state index is 13.3. The van der Waals surface area contributed by atoms with Gasteiger partial charge in [-0.1, -0.05) is 17.7 Å². The third-order valence-corrected chi connectivity index (χ3v) is 4.52. The van der Waals surface area contributed by atoms with Crippen LogP contribution in [0.2, 0.25) is 0 Å². The summed E-state index contributed by atoms with van der Waals surface area (Å²) in [7, 11) is 0. The first kappa shape index (κ1) is 16.2. The number of hydrogen-bond donors (Lipinski definition) is 2. The minimum atomic E-state index is -1.00. The van der Waals surface area contributed by atoms with E-state index < -0.39 is 6.17 Å². The normalized spacial score (nSPS) is 23.0. The highest BCUT2D eigenvalue weighted by atomic mass is 35.5. The number of allylic oxidation sites excluding steroid dienone is 4. The predicted molar refractivity (Wildman–Crippen MR) is 87.1 cm³/mol. The third-order valence-electron chi connectivity index (χ3n) is 4.08. The standard InChI is InChI=1S/C16H23ClFN3/c1-2-13(18)9-11-3-4-14(21-10-11)15(17)16(19)12-5-7-20-8-6-12/h2,10,12-13,20H,1,3-9,19H2/b16-15+. The molecule has 2 rings (SSSR count). The van der Waals surface area contributed by atoms with Gasteiger partial charge in [-0.25, -0.2) is 4.39 Å². The van der Waals surface area contributed by atoms with E-state index in [0.717, 1.165) is 55.8 Å². The molecule has 0 amide bonds. The number of aliphatic imine (C=N–C) groups is 1. The van der Waals surface area contributed by atoms with E-state index in [9.17, 15) is 4.39 Å². The average molecular weight is 312 g/mol. The zero-order valence-corrected chi connectivity index (χ0v) is 13.0. The lowest BCUT2D eigenvalue weighted by Crippen LogP contribution is -2.31. The first-order valence-corrected chi connectivity index (χ1v) is 7.87. The van der Waals surface area contributed by atoms with Crippen LogP contribution in [0.1, 0.15) is 32.1 Å². The van der Waals surface area contributed by atoms with Crippen LogP contribution in [0.3, 0.4) is 0 Å². The lowest BCUT2D eigenvalue weighted by molar-refractivity contribution is 0.395. The maximum absolute atomic E-state index is 13.3. The van der Waals surface area contributed by atoms with Gasteiger partial charge in [0, 0.05) is 24.2 Å². The van der Waals surface area contributed by atoms with E-state index in [1.807, 2.05) is 0 Å². The fourth-order valence-corrected chi connectivity index (χ4v) is 3.01. The zero-order chi connectivity index (χ0) is 15.2. The molecule has 1 atom stereocenters. The molecule has 2 aliphatic rings. The largest absolute Gasteiger partial charge is 0.401 e. The Bertz CT molecular complexity index is 476. The molecule has 0 radical (unpaired) electrons. The molecule has 3 nitrogen and oxygen atoms in total. The van der Waals surface area contributed by atoms with E-state index in [4.69, 9.17) is 17.3 Å². The summed E-state index contributed by atoms with van der Waals surface area (Å²) in [5, 5.41) is 3.91. The van der Waals surface area contributed by atoms with Gasteiger partial charge in [-0.2, -0.15) is 0 Å². The Morgan fingerprint density at radius 2 is 2.24 bits per heavy atom. The van der Waals surface area contributed by atoms with Gasteiger partial charge in [-0.15, -0.1) is 6.58 Å². The van der Waals surface area contributed by atoms with Gasteiger partial charge >= 0.3 is 0 Å². The molecule has 2 heterocycles. The minimum Gasteiger partial charge on any atom is -0.401 e. The quantitative estimate of drug-likeness (QED) is 0.764. The molecule has 116 valence electrons. The summed E-state index contributed by atoms with van der Waals surface area (Å²) in [6.45, 7) is 5.41. The molecule has 21 heavy (non-hydrogen) atoms. The number of hydrogen-bond acceptors (Lipinski definition) is 3. The first-order valence-electron chi connectivity index (χ1n) is 7.49. The lowest BCUT2D eigenvalue weighted by atomic mass is 9.92. The van der Waals surface area contributed by atoms with Crippen LogP contribution in [0.5, 0.6) is 0 Å². The van der Waals surface area contributed by atoms with Crippen molar-refractivity contribution in [3.8, 4) is 0 Å². The van der Waals surface area contributed by atoms with E-state index >= 15 is 0 Å². The molecule has 0 spiro atoms. The molecular formula is C16H23ClFN3. The monoisotopic (exact) mass is 311 g/mol. The maximum Gasteiger partial charge on any atom is 0.122 e. The molecule has 1 fully saturated rings. The van der Waals surface area contributed by atoms with Crippen molar-refractivity contribution >= 4 is 17.3 Å². The molecule has 0 aromatic carbocycles. The van der Waals surface area contributed by atoms with Gasteiger partial charge < -0.3 is 11.1 Å². The number of alkyl halides is 1. The van der Waals surface area contributed by atoms with Gasteiger partial charge in [0.1, 0.15) is 6.17 Å². The summed E-state index contributed by atoms with van der Waals surface area (Å²) in [6, 6.07) is 0. The molecule has 0 aromatic rings. The number of nitrogens with zero attached hydrogens (tertiary/aromatic N) is 1. The number of piperidine rings is 1. The second-order valence-corrected chi connectivity index (χ2v) is 5.99. The molecular weight excluding hydrogens is 289 g/mol. The molecule has 0 aromatic heterocycles. The zero-order valence-electron chi connectivity index (χ0n) is 12.2. The van der Waals surface area contributed by atoms with Crippen molar-refractivity contribution in [1.29, 1.82) is 0 Å². The van der Waals surface area contributed by atoms with Crippen LogP contribution in [0.15, 0.2) is 40.1 Å². The van der Waals surface area contributed by atoms with Gasteiger partial charge in [-0.3, -0.25) is 4.99 Å². The van der Waals surface area contributed by atoms with Gasteiger partial charge in [0.15, 0.2) is 0 Å². The Morgan fingerprint density at radius 3 is 2.81 bits per heavy atom. The van der Waals surface area contributed by atoms with Gasteiger partial charge in [-0.05, 0) is 44.3 Å². The predicted octanol–water partition coefficient (Wildman–Crippen LogP) is 3.43. The summed E-state index contributed by atoms with van der Waals surface area (Å²) >= 11 is 6.41. The Morgan fingerprint density at radius 1 is 1.52 bits per heavy atom. The van der Waals surface area contributed by atoms with Crippen molar-refractivity contribution in [3.63, 3.8) is 0 Å². The molecule has 2 aliphatic heterocycles. The Hall–Kier alpha value is -1.13. The molecule has 1 unspecified atom stereocenters. The van der Waals surface area contributed by atoms with Crippen LogP contribution >= 0.6 is 11.6 Å². The molecule has 0 saturated carbocycles. The smallest absolute Gasteiger partial charge is 0.122 e. The second-order valence-electron chi connectivity index (χ2n) is 5.61. The van der Waals surface area contributed by atoms with Crippen LogP contribution in [-0.4, -0.2) is 25.0 Å². The van der Waals surface area contributed by atoms with Crippen LogP contribution in [-0.2, 0) is 0 Å². The van der Waals surface area contributed by atoms with E-state index in [2.05, 4.69) is 16.9 Å². The van der Waals surface area contributed by atoms with Gasteiger partial charge in [0.05, 0.1) is 10.7 Å². The summed E-state index contributed by atoms with van der Waals surface area (Å²) in [4.78, 5) is 4.38. The molecule has 1 saturated heterocycles. The summed E-state index contributed by atoms with van der Waals surface area (Å²) in [5.74, 6) is 0.336. The van der Waals surface area contributed by atoms with Crippen LogP contribution in [0.4, 0.5) is 4.39 Å². The molecule has 0 bridgehead atoms. The van der Waals surface area contributed by atoms with Crippen molar-refractivity contribution in [2.24, 2.45) is 16.6 Å². The SMILES string of the molecule is C=CC(F)CC1=CN=C(/C(Cl)=C(\N)C2CCNCC2)CC1. The van der Waals surface area contributed by atoms with E-state index in [1.165, 1.54) is 6.08 Å². The minimum absolute atomic E-state index is 0.336. The third kappa shape index (κ3) is 4.42. The number of nitrogens with two attached hydrogens (primary N) is 1. The van der Waals surface area contributed by atoms with Crippen molar-refractivity contribution < 1.29 is 4.39 Å². The highest BCUT2D eigenvalue weighted by molar-refractivity contribution is 6.44. The van der Waals surface area contributed by atoms with Crippen molar-refractivity contribution in [2.75, 3.05) is 13.1 Å². The fraction of sp³-hybridized carbons (Fsp3) is 0.562. The average Bonchev–Trinajstić information content (AvgIpc) is 2.55. The van der Waals surface area contributed by atoms with Crippen molar-refractivity contribution in [1.82, 2.24) is 5.32 Å². The Kier molecular flexibility index (Phi) is 6.00. The molecule has 3 N–H and O–H groups in total. The van der Waals surface area contributed by atoms with Crippen molar-refractivity contribution in [3.05, 3.63) is 35.2 Å². The highest BCUT2D eigenvalue weighted by Gasteiger charge is 2.21. The number of nitrogens with one attached hydrogen (secondary N) is 1. The van der Waals surface area contributed by atoms with Crippen LogP contribution < -0.4 is 11.1 Å². The van der Waals surface area contributed by atoms with Gasteiger partial charge in [0.25, 0.3) is 0 Å². The van der Waals surface area contributed by atoms with E-state index in [-0.39, 0.29) is 0 Å². The number of rotatable bonds is 5. The van der Waals surface area contributed by atoms with E-state index in [1.54, 1.807) is 6.20 Å². The summed E-state index contributed by atoms with van der Waals surface area (Å²) in [5.41, 5.74) is 8.78. The number of halogens is 2. The molecule has 0 aliphatic carbocycles. The first-order chi connectivity index (χ1) is 10.1. The van der Waals surface area contributed by atoms with Crippen LogP contribution in [0.25, 0.3) is 0 Å². The summed E-state index contributed by atoms with van der Waals surface area (Å²) in [6.07, 6.45) is 5.95. The summed E-state index contributed by atoms with van der Waals surface area (Å²) < 4.78 is 13.3. The molecule has 5 heteroatoms. The van der Waals surface area contributed by atoms with E-state index in [0.29, 0.717) is 17.4 Å².